The second-order valence-corrected chi connectivity index (χ2v) is 4.31. The molecule has 5 nitrogen and oxygen atoms in total. The lowest BCUT2D eigenvalue weighted by Gasteiger charge is -2.05. The van der Waals surface area contributed by atoms with E-state index in [9.17, 15) is 4.79 Å². The van der Waals surface area contributed by atoms with Crippen molar-refractivity contribution in [1.82, 2.24) is 19.2 Å². The predicted octanol–water partition coefficient (Wildman–Crippen LogP) is 1.23. The van der Waals surface area contributed by atoms with Crippen molar-refractivity contribution in [2.75, 3.05) is 0 Å². The molecule has 2 heterocycles. The van der Waals surface area contributed by atoms with E-state index in [1.54, 1.807) is 21.4 Å². The summed E-state index contributed by atoms with van der Waals surface area (Å²) in [6, 6.07) is 9.79. The highest BCUT2D eigenvalue weighted by molar-refractivity contribution is 7.80. The highest BCUT2D eigenvalue weighted by atomic mass is 32.1. The van der Waals surface area contributed by atoms with E-state index >= 15 is 0 Å². The summed E-state index contributed by atoms with van der Waals surface area (Å²) in [7, 11) is 0. The average Bonchev–Trinajstić information content (AvgIpc) is 2.77. The van der Waals surface area contributed by atoms with Crippen LogP contribution in [-0.4, -0.2) is 19.2 Å². The van der Waals surface area contributed by atoms with E-state index in [0.717, 1.165) is 5.56 Å². The molecule has 0 fully saturated rings. The molecule has 0 saturated heterocycles. The van der Waals surface area contributed by atoms with Crippen LogP contribution >= 0.6 is 12.6 Å². The lowest BCUT2D eigenvalue weighted by molar-refractivity contribution is 0.746. The van der Waals surface area contributed by atoms with Gasteiger partial charge in [-0.15, -0.1) is 22.8 Å². The minimum atomic E-state index is -0.172. The van der Waals surface area contributed by atoms with Crippen LogP contribution in [0.5, 0.6) is 0 Å². The zero-order valence-electron chi connectivity index (χ0n) is 9.39. The summed E-state index contributed by atoms with van der Waals surface area (Å²) in [5.41, 5.74) is 1.18. The van der Waals surface area contributed by atoms with E-state index < -0.39 is 0 Å². The van der Waals surface area contributed by atoms with Gasteiger partial charge in [-0.1, -0.05) is 30.3 Å². The number of fused-ring (bicyclic) bond motifs is 1. The summed E-state index contributed by atoms with van der Waals surface area (Å²) in [6.45, 7) is 0.519. The zero-order valence-corrected chi connectivity index (χ0v) is 10.3. The first-order chi connectivity index (χ1) is 8.75. The second kappa shape index (κ2) is 4.30. The van der Waals surface area contributed by atoms with Gasteiger partial charge in [0.1, 0.15) is 0 Å². The van der Waals surface area contributed by atoms with Crippen molar-refractivity contribution in [1.29, 1.82) is 0 Å². The van der Waals surface area contributed by atoms with Gasteiger partial charge >= 0.3 is 0 Å². The molecule has 0 amide bonds. The quantitative estimate of drug-likeness (QED) is 0.703. The Bertz CT molecular complexity index is 748. The predicted molar refractivity (Wildman–Crippen MR) is 70.0 cm³/mol. The molecule has 0 unspecified atom stereocenters. The molecule has 0 aliphatic rings. The number of benzene rings is 1. The van der Waals surface area contributed by atoms with Crippen LogP contribution in [0, 0.1) is 0 Å². The monoisotopic (exact) mass is 258 g/mol. The molecule has 0 N–H and O–H groups in total. The molecule has 1 aromatic carbocycles. The Balaban J connectivity index is 2.08. The number of nitrogens with zero attached hydrogens (tertiary/aromatic N) is 4. The van der Waals surface area contributed by atoms with Crippen LogP contribution in [0.2, 0.25) is 0 Å². The fourth-order valence-electron chi connectivity index (χ4n) is 1.81. The van der Waals surface area contributed by atoms with Crippen LogP contribution < -0.4 is 5.56 Å². The molecule has 2 aromatic heterocycles. The normalized spacial score (nSPS) is 10.9. The molecule has 0 atom stereocenters. The molecule has 6 heteroatoms. The van der Waals surface area contributed by atoms with Gasteiger partial charge in [0.05, 0.1) is 6.54 Å². The summed E-state index contributed by atoms with van der Waals surface area (Å²) in [6.07, 6.45) is 3.45. The SMILES string of the molecule is O=c1c2nnc(S)n2ccn1Cc1ccccc1. The minimum absolute atomic E-state index is 0.172. The Morgan fingerprint density at radius 3 is 2.67 bits per heavy atom. The molecule has 0 aliphatic heterocycles. The molecule has 0 bridgehead atoms. The summed E-state index contributed by atoms with van der Waals surface area (Å²) in [4.78, 5) is 12.2. The molecular formula is C12H10N4OS. The van der Waals surface area contributed by atoms with Gasteiger partial charge < -0.3 is 4.57 Å². The number of rotatable bonds is 2. The standard InChI is InChI=1S/C12H10N4OS/c17-11-10-13-14-12(18)16(10)7-6-15(11)8-9-4-2-1-3-5-9/h1-7H,8H2,(H,14,18). The maximum atomic E-state index is 12.2. The van der Waals surface area contributed by atoms with Gasteiger partial charge in [-0.2, -0.15) is 0 Å². The fraction of sp³-hybridized carbons (Fsp3) is 0.0833. The summed E-state index contributed by atoms with van der Waals surface area (Å²) >= 11 is 4.12. The minimum Gasteiger partial charge on any atom is -0.306 e. The zero-order chi connectivity index (χ0) is 12.5. The van der Waals surface area contributed by atoms with E-state index in [4.69, 9.17) is 0 Å². The van der Waals surface area contributed by atoms with Crippen molar-refractivity contribution in [2.24, 2.45) is 0 Å². The molecule has 3 aromatic rings. The van der Waals surface area contributed by atoms with Crippen LogP contribution in [0.15, 0.2) is 52.7 Å². The van der Waals surface area contributed by atoms with Crippen LogP contribution in [0.25, 0.3) is 5.65 Å². The maximum absolute atomic E-state index is 12.2. The van der Waals surface area contributed by atoms with Gasteiger partial charge in [0, 0.05) is 12.4 Å². The molecular weight excluding hydrogens is 248 g/mol. The van der Waals surface area contributed by atoms with Gasteiger partial charge in [-0.3, -0.25) is 9.20 Å². The topological polar surface area (TPSA) is 52.2 Å². The van der Waals surface area contributed by atoms with E-state index in [0.29, 0.717) is 17.3 Å². The number of thiol groups is 1. The molecule has 90 valence electrons. The Kier molecular flexibility index (Phi) is 2.64. The van der Waals surface area contributed by atoms with E-state index in [2.05, 4.69) is 22.8 Å². The first kappa shape index (κ1) is 11.0. The summed E-state index contributed by atoms with van der Waals surface area (Å²) < 4.78 is 3.17. The van der Waals surface area contributed by atoms with Crippen molar-refractivity contribution < 1.29 is 0 Å². The van der Waals surface area contributed by atoms with E-state index in [-0.39, 0.29) is 5.56 Å². The summed E-state index contributed by atoms with van der Waals surface area (Å²) in [5, 5.41) is 8.00. The number of hydrogen-bond donors (Lipinski definition) is 1. The average molecular weight is 258 g/mol. The number of hydrogen-bond acceptors (Lipinski definition) is 4. The van der Waals surface area contributed by atoms with Crippen molar-refractivity contribution >= 4 is 18.3 Å². The van der Waals surface area contributed by atoms with Crippen LogP contribution in [0.3, 0.4) is 0 Å². The van der Waals surface area contributed by atoms with Gasteiger partial charge in [-0.05, 0) is 5.56 Å². The third-order valence-corrected chi connectivity index (χ3v) is 3.03. The molecule has 18 heavy (non-hydrogen) atoms. The Morgan fingerprint density at radius 1 is 1.11 bits per heavy atom. The molecule has 0 aliphatic carbocycles. The molecule has 0 saturated carbocycles. The molecule has 0 radical (unpaired) electrons. The van der Waals surface area contributed by atoms with Crippen molar-refractivity contribution in [3.8, 4) is 0 Å². The maximum Gasteiger partial charge on any atom is 0.296 e. The second-order valence-electron chi connectivity index (χ2n) is 3.91. The van der Waals surface area contributed by atoms with Gasteiger partial charge in [0.15, 0.2) is 5.16 Å². The van der Waals surface area contributed by atoms with Crippen molar-refractivity contribution in [3.05, 3.63) is 58.6 Å². The highest BCUT2D eigenvalue weighted by Gasteiger charge is 2.08. The Labute approximate surface area is 108 Å². The first-order valence-electron chi connectivity index (χ1n) is 5.43. The van der Waals surface area contributed by atoms with E-state index in [1.165, 1.54) is 0 Å². The lowest BCUT2D eigenvalue weighted by Crippen LogP contribution is -2.22. The van der Waals surface area contributed by atoms with Crippen LogP contribution in [0.1, 0.15) is 5.56 Å². The van der Waals surface area contributed by atoms with Gasteiger partial charge in [0.2, 0.25) is 5.65 Å². The highest BCUT2D eigenvalue weighted by Crippen LogP contribution is 2.04. The first-order valence-corrected chi connectivity index (χ1v) is 5.87. The third kappa shape index (κ3) is 1.80. The van der Waals surface area contributed by atoms with E-state index in [1.807, 2.05) is 30.3 Å². The molecule has 0 spiro atoms. The largest absolute Gasteiger partial charge is 0.306 e. The van der Waals surface area contributed by atoms with Gasteiger partial charge in [-0.25, -0.2) is 0 Å². The smallest absolute Gasteiger partial charge is 0.296 e. The third-order valence-electron chi connectivity index (χ3n) is 2.72. The van der Waals surface area contributed by atoms with Crippen molar-refractivity contribution in [3.63, 3.8) is 0 Å². The number of aromatic nitrogens is 4. The van der Waals surface area contributed by atoms with Crippen LogP contribution in [-0.2, 0) is 6.54 Å². The van der Waals surface area contributed by atoms with Crippen LogP contribution in [0.4, 0.5) is 0 Å². The Morgan fingerprint density at radius 2 is 1.89 bits per heavy atom. The molecule has 3 rings (SSSR count). The van der Waals surface area contributed by atoms with Crippen molar-refractivity contribution in [2.45, 2.75) is 11.7 Å². The summed E-state index contributed by atoms with van der Waals surface area (Å²) in [5.74, 6) is 0. The fourth-order valence-corrected chi connectivity index (χ4v) is 2.02. The van der Waals surface area contributed by atoms with Gasteiger partial charge in [0.25, 0.3) is 5.56 Å². The lowest BCUT2D eigenvalue weighted by atomic mass is 10.2. The Hall–Kier alpha value is -2.08.